The van der Waals surface area contributed by atoms with E-state index in [4.69, 9.17) is 0 Å². The zero-order valence-electron chi connectivity index (χ0n) is 12.1. The molecule has 3 rings (SSSR count). The lowest BCUT2D eigenvalue weighted by molar-refractivity contribution is -0.129. The van der Waals surface area contributed by atoms with Crippen molar-refractivity contribution in [1.82, 2.24) is 15.1 Å². The number of carbonyl (C=O) groups excluding carboxylic acids is 1. The van der Waals surface area contributed by atoms with Crippen LogP contribution < -0.4 is 5.32 Å². The Hall–Kier alpha value is -1.39. The van der Waals surface area contributed by atoms with E-state index in [2.05, 4.69) is 17.1 Å². The molecule has 4 nitrogen and oxygen atoms in total. The molecule has 1 N–H and O–H groups in total. The van der Waals surface area contributed by atoms with E-state index in [-0.39, 0.29) is 11.9 Å². The molecule has 20 heavy (non-hydrogen) atoms. The number of carbonyl (C=O) groups is 1. The molecule has 1 amide bonds. The van der Waals surface area contributed by atoms with Crippen molar-refractivity contribution in [3.05, 3.63) is 35.9 Å². The Kier molecular flexibility index (Phi) is 4.03. The van der Waals surface area contributed by atoms with Crippen LogP contribution in [0.25, 0.3) is 0 Å². The summed E-state index contributed by atoms with van der Waals surface area (Å²) in [7, 11) is 0. The van der Waals surface area contributed by atoms with Crippen LogP contribution in [0.3, 0.4) is 0 Å². The first-order valence-electron chi connectivity index (χ1n) is 7.57. The number of hydrogen-bond donors (Lipinski definition) is 1. The summed E-state index contributed by atoms with van der Waals surface area (Å²) in [6.07, 6.45) is 1.22. The number of amides is 1. The van der Waals surface area contributed by atoms with E-state index in [9.17, 15) is 4.79 Å². The zero-order valence-corrected chi connectivity index (χ0v) is 12.1. The van der Waals surface area contributed by atoms with Gasteiger partial charge in [-0.1, -0.05) is 37.3 Å². The highest BCUT2D eigenvalue weighted by Crippen LogP contribution is 2.23. The third-order valence-corrected chi connectivity index (χ3v) is 4.47. The Labute approximate surface area is 120 Å². The fourth-order valence-corrected chi connectivity index (χ4v) is 3.27. The zero-order chi connectivity index (χ0) is 13.9. The minimum atomic E-state index is -0.153. The fraction of sp³-hybridized carbons (Fsp3) is 0.562. The molecule has 4 heteroatoms. The lowest BCUT2D eigenvalue weighted by Crippen LogP contribution is -2.33. The van der Waals surface area contributed by atoms with Gasteiger partial charge in [0.2, 0.25) is 5.91 Å². The second-order valence-electron chi connectivity index (χ2n) is 5.81. The monoisotopic (exact) mass is 273 g/mol. The Bertz CT molecular complexity index is 462. The number of benzene rings is 1. The number of hydrogen-bond acceptors (Lipinski definition) is 3. The van der Waals surface area contributed by atoms with Crippen LogP contribution in [0.15, 0.2) is 30.3 Å². The number of nitrogens with one attached hydrogen (secondary N) is 1. The first-order chi connectivity index (χ1) is 9.78. The van der Waals surface area contributed by atoms with Crippen LogP contribution in [0, 0.1) is 5.92 Å². The molecule has 0 radical (unpaired) electrons. The van der Waals surface area contributed by atoms with Crippen molar-refractivity contribution in [3.8, 4) is 0 Å². The average Bonchev–Trinajstić information content (AvgIpc) is 3.08. The molecule has 1 aromatic carbocycles. The normalized spacial score (nSPS) is 27.4. The molecule has 1 aromatic rings. The average molecular weight is 273 g/mol. The van der Waals surface area contributed by atoms with E-state index in [1.807, 2.05) is 35.2 Å². The van der Waals surface area contributed by atoms with Crippen LogP contribution in [-0.2, 0) is 4.79 Å². The lowest BCUT2D eigenvalue weighted by atomic mass is 10.1. The summed E-state index contributed by atoms with van der Waals surface area (Å²) in [4.78, 5) is 16.9. The van der Waals surface area contributed by atoms with E-state index >= 15 is 0 Å². The van der Waals surface area contributed by atoms with Crippen LogP contribution in [0.1, 0.15) is 24.9 Å². The second kappa shape index (κ2) is 5.94. The molecule has 2 unspecified atom stereocenters. The van der Waals surface area contributed by atoms with Gasteiger partial charge in [0, 0.05) is 13.1 Å². The van der Waals surface area contributed by atoms with Crippen LogP contribution in [-0.4, -0.2) is 48.6 Å². The molecular formula is C16H23N3O. The van der Waals surface area contributed by atoms with Gasteiger partial charge in [0.1, 0.15) is 6.04 Å². The van der Waals surface area contributed by atoms with Gasteiger partial charge in [-0.05, 0) is 31.0 Å². The third kappa shape index (κ3) is 2.72. The van der Waals surface area contributed by atoms with Crippen molar-refractivity contribution in [3.63, 3.8) is 0 Å². The number of nitrogens with zero attached hydrogens (tertiary/aromatic N) is 2. The molecule has 0 saturated carbocycles. The topological polar surface area (TPSA) is 35.6 Å². The van der Waals surface area contributed by atoms with E-state index in [0.717, 1.165) is 25.2 Å². The van der Waals surface area contributed by atoms with Crippen molar-refractivity contribution in [2.24, 2.45) is 5.92 Å². The van der Waals surface area contributed by atoms with Gasteiger partial charge in [-0.2, -0.15) is 0 Å². The van der Waals surface area contributed by atoms with Gasteiger partial charge >= 0.3 is 0 Å². The van der Waals surface area contributed by atoms with Gasteiger partial charge in [-0.3, -0.25) is 10.1 Å². The minimum Gasteiger partial charge on any atom is -0.328 e. The van der Waals surface area contributed by atoms with Gasteiger partial charge in [0.05, 0.1) is 6.67 Å². The molecule has 2 heterocycles. The minimum absolute atomic E-state index is 0.153. The van der Waals surface area contributed by atoms with Crippen LogP contribution in [0.2, 0.25) is 0 Å². The SMILES string of the molecule is CCN1CCC(CN2CNC(c3ccccc3)C2=O)C1. The molecule has 2 saturated heterocycles. The smallest absolute Gasteiger partial charge is 0.245 e. The first-order valence-corrected chi connectivity index (χ1v) is 7.57. The molecule has 0 aliphatic carbocycles. The maximum absolute atomic E-state index is 12.5. The highest BCUT2D eigenvalue weighted by molar-refractivity contribution is 5.85. The summed E-state index contributed by atoms with van der Waals surface area (Å²) in [5.41, 5.74) is 1.07. The molecule has 2 aliphatic heterocycles. The molecular weight excluding hydrogens is 250 g/mol. The van der Waals surface area contributed by atoms with E-state index in [1.54, 1.807) is 0 Å². The van der Waals surface area contributed by atoms with Crippen molar-refractivity contribution in [2.75, 3.05) is 32.8 Å². The Morgan fingerprint density at radius 2 is 2.10 bits per heavy atom. The molecule has 0 bridgehead atoms. The van der Waals surface area contributed by atoms with Gasteiger partial charge in [0.15, 0.2) is 0 Å². The summed E-state index contributed by atoms with van der Waals surface area (Å²) in [5, 5.41) is 3.33. The highest BCUT2D eigenvalue weighted by Gasteiger charge is 2.34. The predicted molar refractivity (Wildman–Crippen MR) is 79.1 cm³/mol. The van der Waals surface area contributed by atoms with Crippen LogP contribution in [0.4, 0.5) is 0 Å². The van der Waals surface area contributed by atoms with Crippen molar-refractivity contribution < 1.29 is 4.79 Å². The van der Waals surface area contributed by atoms with Crippen molar-refractivity contribution >= 4 is 5.91 Å². The molecule has 0 spiro atoms. The maximum atomic E-state index is 12.5. The largest absolute Gasteiger partial charge is 0.328 e. The summed E-state index contributed by atoms with van der Waals surface area (Å²) < 4.78 is 0. The van der Waals surface area contributed by atoms with E-state index in [1.165, 1.54) is 13.0 Å². The maximum Gasteiger partial charge on any atom is 0.245 e. The van der Waals surface area contributed by atoms with Gasteiger partial charge in [0.25, 0.3) is 0 Å². The quantitative estimate of drug-likeness (QED) is 0.902. The van der Waals surface area contributed by atoms with Crippen LogP contribution in [0.5, 0.6) is 0 Å². The third-order valence-electron chi connectivity index (χ3n) is 4.47. The molecule has 2 fully saturated rings. The molecule has 108 valence electrons. The van der Waals surface area contributed by atoms with Gasteiger partial charge in [-0.15, -0.1) is 0 Å². The highest BCUT2D eigenvalue weighted by atomic mass is 16.2. The van der Waals surface area contributed by atoms with Crippen LogP contribution >= 0.6 is 0 Å². The lowest BCUT2D eigenvalue weighted by Gasteiger charge is -2.20. The summed E-state index contributed by atoms with van der Waals surface area (Å²) >= 11 is 0. The van der Waals surface area contributed by atoms with E-state index < -0.39 is 0 Å². The molecule has 2 aliphatic rings. The Morgan fingerprint density at radius 1 is 1.30 bits per heavy atom. The fourth-order valence-electron chi connectivity index (χ4n) is 3.27. The summed E-state index contributed by atoms with van der Waals surface area (Å²) in [6, 6.07) is 9.85. The first kappa shape index (κ1) is 13.6. The Morgan fingerprint density at radius 3 is 2.80 bits per heavy atom. The van der Waals surface area contributed by atoms with Gasteiger partial charge < -0.3 is 9.80 Å². The Balaban J connectivity index is 1.59. The summed E-state index contributed by atoms with van der Waals surface area (Å²) in [6.45, 7) is 7.22. The molecule has 2 atom stereocenters. The summed E-state index contributed by atoms with van der Waals surface area (Å²) in [5.74, 6) is 0.862. The molecule has 0 aromatic heterocycles. The van der Waals surface area contributed by atoms with Gasteiger partial charge in [-0.25, -0.2) is 0 Å². The van der Waals surface area contributed by atoms with Crippen molar-refractivity contribution in [2.45, 2.75) is 19.4 Å². The number of rotatable bonds is 4. The number of likely N-dealkylation sites (tertiary alicyclic amines) is 1. The standard InChI is InChI=1S/C16H23N3O/c1-2-18-9-8-13(10-18)11-19-12-17-15(16(19)20)14-6-4-3-5-7-14/h3-7,13,15,17H,2,8-12H2,1H3. The van der Waals surface area contributed by atoms with Crippen molar-refractivity contribution in [1.29, 1.82) is 0 Å². The van der Waals surface area contributed by atoms with E-state index in [0.29, 0.717) is 12.6 Å². The predicted octanol–water partition coefficient (Wildman–Crippen LogP) is 1.46. The second-order valence-corrected chi connectivity index (χ2v) is 5.81.